The molecule has 1 saturated carbocycles. The summed E-state index contributed by atoms with van der Waals surface area (Å²) in [4.78, 5) is 27.0. The molecule has 6 nitrogen and oxygen atoms in total. The Bertz CT molecular complexity index is 904. The lowest BCUT2D eigenvalue weighted by atomic mass is 9.74. The first-order valence-corrected chi connectivity index (χ1v) is 11.4. The molecule has 0 bridgehead atoms. The highest BCUT2D eigenvalue weighted by molar-refractivity contribution is 5.84. The number of halogens is 1. The number of nitrogens with zero attached hydrogens (tertiary/aromatic N) is 4. The fourth-order valence-corrected chi connectivity index (χ4v) is 5.22. The van der Waals surface area contributed by atoms with Gasteiger partial charge in [-0.1, -0.05) is 12.1 Å². The van der Waals surface area contributed by atoms with Gasteiger partial charge in [0.1, 0.15) is 5.82 Å². The Kier molecular flexibility index (Phi) is 5.61. The number of amides is 1. The number of carbonyl (C=O) groups excluding carboxylic acids is 1. The molecule has 7 heteroatoms. The molecule has 0 unspecified atom stereocenters. The highest BCUT2D eigenvalue weighted by atomic mass is 19.1. The molecular weight excluding hydrogens is 393 g/mol. The fraction of sp³-hybridized carbons (Fsp3) is 0.542. The van der Waals surface area contributed by atoms with E-state index in [0.29, 0.717) is 18.4 Å². The van der Waals surface area contributed by atoms with Crippen LogP contribution in [0.25, 0.3) is 0 Å². The third-order valence-corrected chi connectivity index (χ3v) is 7.13. The summed E-state index contributed by atoms with van der Waals surface area (Å²) < 4.78 is 13.3. The third-order valence-electron chi connectivity index (χ3n) is 7.13. The number of hydrogen-bond acceptors (Lipinski definition) is 5. The predicted molar refractivity (Wildman–Crippen MR) is 117 cm³/mol. The fourth-order valence-electron chi connectivity index (χ4n) is 5.22. The highest BCUT2D eigenvalue weighted by Crippen LogP contribution is 2.44. The second-order valence-corrected chi connectivity index (χ2v) is 9.40. The van der Waals surface area contributed by atoms with E-state index < -0.39 is 5.41 Å². The Morgan fingerprint density at radius 2 is 1.94 bits per heavy atom. The van der Waals surface area contributed by atoms with E-state index in [2.05, 4.69) is 25.1 Å². The van der Waals surface area contributed by atoms with E-state index in [1.807, 2.05) is 18.2 Å². The van der Waals surface area contributed by atoms with Gasteiger partial charge in [-0.05, 0) is 61.9 Å². The molecule has 2 aromatic rings. The molecular formula is C24H30FN5O. The number of carbonyl (C=O) groups is 1. The van der Waals surface area contributed by atoms with Crippen molar-refractivity contribution < 1.29 is 9.18 Å². The first-order valence-electron chi connectivity index (χ1n) is 11.4. The quantitative estimate of drug-likeness (QED) is 0.774. The summed E-state index contributed by atoms with van der Waals surface area (Å²) in [6.45, 7) is 4.82. The Morgan fingerprint density at radius 3 is 2.68 bits per heavy atom. The zero-order chi connectivity index (χ0) is 21.3. The number of likely N-dealkylation sites (tertiary alicyclic amines) is 1. The molecule has 2 atom stereocenters. The van der Waals surface area contributed by atoms with Crippen molar-refractivity contribution >= 4 is 11.9 Å². The van der Waals surface area contributed by atoms with Crippen LogP contribution in [0, 0.1) is 23.1 Å². The van der Waals surface area contributed by atoms with Crippen molar-refractivity contribution in [3.8, 4) is 0 Å². The van der Waals surface area contributed by atoms with Gasteiger partial charge in [0.25, 0.3) is 0 Å². The topological polar surface area (TPSA) is 61.4 Å². The first-order chi connectivity index (χ1) is 15.1. The van der Waals surface area contributed by atoms with Gasteiger partial charge in [0.05, 0.1) is 5.41 Å². The van der Waals surface area contributed by atoms with Crippen LogP contribution in [0.3, 0.4) is 0 Å². The van der Waals surface area contributed by atoms with Crippen molar-refractivity contribution in [3.05, 3.63) is 54.1 Å². The van der Waals surface area contributed by atoms with E-state index >= 15 is 0 Å². The van der Waals surface area contributed by atoms with Crippen molar-refractivity contribution in [1.29, 1.82) is 0 Å². The largest absolute Gasteiger partial charge is 0.355 e. The van der Waals surface area contributed by atoms with Crippen LogP contribution >= 0.6 is 0 Å². The molecule has 5 rings (SSSR count). The lowest BCUT2D eigenvalue weighted by molar-refractivity contribution is -0.132. The smallest absolute Gasteiger partial charge is 0.228 e. The zero-order valence-electron chi connectivity index (χ0n) is 17.8. The van der Waals surface area contributed by atoms with Crippen molar-refractivity contribution in [3.63, 3.8) is 0 Å². The average molecular weight is 424 g/mol. The van der Waals surface area contributed by atoms with E-state index in [1.165, 1.54) is 25.0 Å². The highest BCUT2D eigenvalue weighted by Gasteiger charge is 2.53. The molecule has 3 heterocycles. The van der Waals surface area contributed by atoms with Gasteiger partial charge in [0, 0.05) is 51.0 Å². The van der Waals surface area contributed by atoms with Crippen molar-refractivity contribution in [2.45, 2.75) is 32.2 Å². The van der Waals surface area contributed by atoms with Crippen LogP contribution in [-0.2, 0) is 11.3 Å². The average Bonchev–Trinajstić information content (AvgIpc) is 3.57. The molecule has 1 amide bonds. The van der Waals surface area contributed by atoms with Crippen LogP contribution < -0.4 is 10.2 Å². The molecule has 3 fully saturated rings. The van der Waals surface area contributed by atoms with Crippen molar-refractivity contribution in [2.75, 3.05) is 37.6 Å². The molecule has 1 aromatic carbocycles. The maximum atomic E-state index is 13.5. The van der Waals surface area contributed by atoms with Crippen LogP contribution in [0.1, 0.15) is 31.2 Å². The Balaban J connectivity index is 1.36. The van der Waals surface area contributed by atoms with E-state index in [1.54, 1.807) is 12.4 Å². The van der Waals surface area contributed by atoms with Gasteiger partial charge in [-0.25, -0.2) is 14.4 Å². The SMILES string of the molecule is O=C(NCC1CC1)[C@]12CCCN(Cc3ccc(F)cc3)C[C@H]1CN(c1ncccn1)C2. The van der Waals surface area contributed by atoms with Gasteiger partial charge in [0.2, 0.25) is 11.9 Å². The normalized spacial score (nSPS) is 26.4. The predicted octanol–water partition coefficient (Wildman–Crippen LogP) is 2.86. The lowest BCUT2D eigenvalue weighted by Gasteiger charge is -2.32. The van der Waals surface area contributed by atoms with Crippen LogP contribution in [0.2, 0.25) is 0 Å². The summed E-state index contributed by atoms with van der Waals surface area (Å²) in [5.41, 5.74) is 0.694. The Labute approximate surface area is 182 Å². The van der Waals surface area contributed by atoms with Gasteiger partial charge in [0.15, 0.2) is 0 Å². The maximum Gasteiger partial charge on any atom is 0.228 e. The minimum absolute atomic E-state index is 0.200. The summed E-state index contributed by atoms with van der Waals surface area (Å²) in [7, 11) is 0. The van der Waals surface area contributed by atoms with Crippen LogP contribution in [-0.4, -0.2) is 53.5 Å². The van der Waals surface area contributed by atoms with E-state index in [-0.39, 0.29) is 17.6 Å². The standard InChI is InChI=1S/C24H30FN5O/c25-21-7-5-19(6-8-21)14-29-12-1-9-24(22(31)28-13-18-3-4-18)17-30(16-20(24)15-29)23-26-10-2-11-27-23/h2,5-8,10-11,18,20H,1,3-4,9,12-17H2,(H,28,31)/t20-,24-/m0/s1. The Hall–Kier alpha value is -2.54. The number of anilines is 1. The number of hydrogen-bond donors (Lipinski definition) is 1. The number of benzene rings is 1. The van der Waals surface area contributed by atoms with E-state index in [4.69, 9.17) is 0 Å². The maximum absolute atomic E-state index is 13.5. The van der Waals surface area contributed by atoms with Crippen LogP contribution in [0.15, 0.2) is 42.7 Å². The number of nitrogens with one attached hydrogen (secondary N) is 1. The van der Waals surface area contributed by atoms with Crippen LogP contribution in [0.5, 0.6) is 0 Å². The summed E-state index contributed by atoms with van der Waals surface area (Å²) in [5.74, 6) is 1.56. The minimum atomic E-state index is -0.411. The van der Waals surface area contributed by atoms with Gasteiger partial charge in [-0.2, -0.15) is 0 Å². The van der Waals surface area contributed by atoms with Crippen LogP contribution in [0.4, 0.5) is 10.3 Å². The van der Waals surface area contributed by atoms with Gasteiger partial charge < -0.3 is 10.2 Å². The summed E-state index contributed by atoms with van der Waals surface area (Å²) in [5, 5.41) is 3.28. The number of aromatic nitrogens is 2. The third kappa shape index (κ3) is 4.42. The first kappa shape index (κ1) is 20.4. The zero-order valence-corrected chi connectivity index (χ0v) is 17.8. The molecule has 0 spiro atoms. The molecule has 1 N–H and O–H groups in total. The minimum Gasteiger partial charge on any atom is -0.355 e. The second kappa shape index (κ2) is 8.54. The molecule has 2 saturated heterocycles. The molecule has 3 aliphatic rings. The molecule has 1 aliphatic carbocycles. The van der Waals surface area contributed by atoms with Gasteiger partial charge in [-0.15, -0.1) is 0 Å². The monoisotopic (exact) mass is 423 g/mol. The summed E-state index contributed by atoms with van der Waals surface area (Å²) in [6.07, 6.45) is 7.82. The van der Waals surface area contributed by atoms with Crippen molar-refractivity contribution in [1.82, 2.24) is 20.2 Å². The Morgan fingerprint density at radius 1 is 1.16 bits per heavy atom. The van der Waals surface area contributed by atoms with Gasteiger partial charge >= 0.3 is 0 Å². The molecule has 0 radical (unpaired) electrons. The second-order valence-electron chi connectivity index (χ2n) is 9.40. The molecule has 2 aliphatic heterocycles. The molecule has 164 valence electrons. The summed E-state index contributed by atoms with van der Waals surface area (Å²) >= 11 is 0. The van der Waals surface area contributed by atoms with Gasteiger partial charge in [-0.3, -0.25) is 9.69 Å². The lowest BCUT2D eigenvalue weighted by Crippen LogP contribution is -2.48. The van der Waals surface area contributed by atoms with Crippen molar-refractivity contribution in [2.24, 2.45) is 17.3 Å². The van der Waals surface area contributed by atoms with E-state index in [0.717, 1.165) is 51.1 Å². The number of fused-ring (bicyclic) bond motifs is 1. The molecule has 1 aromatic heterocycles. The van der Waals surface area contributed by atoms with E-state index in [9.17, 15) is 9.18 Å². The molecule has 31 heavy (non-hydrogen) atoms. The number of rotatable bonds is 6. The summed E-state index contributed by atoms with van der Waals surface area (Å²) in [6, 6.07) is 8.57.